The van der Waals surface area contributed by atoms with Crippen molar-refractivity contribution in [2.45, 2.75) is 19.3 Å². The highest BCUT2D eigenvalue weighted by Crippen LogP contribution is 2.24. The van der Waals surface area contributed by atoms with Crippen LogP contribution < -0.4 is 4.90 Å². The summed E-state index contributed by atoms with van der Waals surface area (Å²) < 4.78 is 1.61. The molecule has 19 heavy (non-hydrogen) atoms. The van der Waals surface area contributed by atoms with Crippen LogP contribution in [0.5, 0.6) is 0 Å². The number of aromatic nitrogens is 3. The number of halogens is 1. The Labute approximate surface area is 114 Å². The predicted molar refractivity (Wildman–Crippen MR) is 71.0 cm³/mol. The fraction of sp³-hybridized carbons (Fsp3) is 0.417. The van der Waals surface area contributed by atoms with E-state index in [9.17, 15) is 4.79 Å². The lowest BCUT2D eigenvalue weighted by atomic mass is 10.1. The van der Waals surface area contributed by atoms with Crippen LogP contribution in [0, 0.1) is 0 Å². The van der Waals surface area contributed by atoms with E-state index in [2.05, 4.69) is 15.0 Å². The summed E-state index contributed by atoms with van der Waals surface area (Å²) in [5, 5.41) is 13.7. The number of carbonyl (C=O) groups is 1. The van der Waals surface area contributed by atoms with Gasteiger partial charge >= 0.3 is 5.97 Å². The van der Waals surface area contributed by atoms with Crippen molar-refractivity contribution in [3.05, 3.63) is 23.0 Å². The molecule has 2 aromatic rings. The first-order chi connectivity index (χ1) is 9.16. The van der Waals surface area contributed by atoms with E-state index in [4.69, 9.17) is 16.7 Å². The monoisotopic (exact) mass is 280 g/mol. The average molecular weight is 281 g/mol. The van der Waals surface area contributed by atoms with Gasteiger partial charge in [0.15, 0.2) is 11.3 Å². The summed E-state index contributed by atoms with van der Waals surface area (Å²) in [6.07, 6.45) is 4.89. The molecule has 6 nitrogen and oxygen atoms in total. The van der Waals surface area contributed by atoms with Gasteiger partial charge in [-0.1, -0.05) is 11.6 Å². The van der Waals surface area contributed by atoms with Crippen molar-refractivity contribution in [2.24, 2.45) is 0 Å². The maximum Gasteiger partial charge on any atom is 0.354 e. The molecular weight excluding hydrogens is 268 g/mol. The van der Waals surface area contributed by atoms with Crippen molar-refractivity contribution in [1.29, 1.82) is 0 Å². The van der Waals surface area contributed by atoms with Crippen LogP contribution in [0.15, 0.2) is 12.3 Å². The molecule has 1 aliphatic heterocycles. The molecule has 0 aliphatic carbocycles. The van der Waals surface area contributed by atoms with Crippen molar-refractivity contribution in [1.82, 2.24) is 14.6 Å². The molecule has 100 valence electrons. The number of carboxylic acids is 1. The summed E-state index contributed by atoms with van der Waals surface area (Å²) in [5.74, 6) is -0.313. The third-order valence-corrected chi connectivity index (χ3v) is 3.58. The molecule has 2 aromatic heterocycles. The molecule has 3 rings (SSSR count). The molecule has 1 aliphatic rings. The zero-order valence-electron chi connectivity index (χ0n) is 10.2. The highest BCUT2D eigenvalue weighted by atomic mass is 35.5. The SMILES string of the molecule is O=C(O)c1cc(N2CCCCC2)n2ncc(Cl)c2n1. The van der Waals surface area contributed by atoms with Gasteiger partial charge in [0.1, 0.15) is 10.8 Å². The molecule has 3 heterocycles. The molecule has 7 heteroatoms. The summed E-state index contributed by atoms with van der Waals surface area (Å²) in [7, 11) is 0. The Bertz CT molecular complexity index is 634. The number of piperidine rings is 1. The van der Waals surface area contributed by atoms with Gasteiger partial charge in [0.25, 0.3) is 0 Å². The Hall–Kier alpha value is -1.82. The van der Waals surface area contributed by atoms with Gasteiger partial charge in [0.05, 0.1) is 6.20 Å². The second-order valence-corrected chi connectivity index (χ2v) is 4.99. The van der Waals surface area contributed by atoms with E-state index in [0.29, 0.717) is 10.7 Å². The van der Waals surface area contributed by atoms with E-state index in [1.807, 2.05) is 0 Å². The number of hydrogen-bond acceptors (Lipinski definition) is 4. The predicted octanol–water partition coefficient (Wildman–Crippen LogP) is 2.07. The lowest BCUT2D eigenvalue weighted by Crippen LogP contribution is -2.31. The van der Waals surface area contributed by atoms with Crippen molar-refractivity contribution >= 4 is 29.0 Å². The molecular formula is C12H13ClN4O2. The summed E-state index contributed by atoms with van der Waals surface area (Å²) in [5.41, 5.74) is 0.387. The molecule has 0 amide bonds. The van der Waals surface area contributed by atoms with E-state index in [1.54, 1.807) is 10.6 Å². The second kappa shape index (κ2) is 4.70. The smallest absolute Gasteiger partial charge is 0.354 e. The number of aromatic carboxylic acids is 1. The average Bonchev–Trinajstić information content (AvgIpc) is 2.80. The van der Waals surface area contributed by atoms with Gasteiger partial charge < -0.3 is 10.0 Å². The van der Waals surface area contributed by atoms with Gasteiger partial charge in [-0.25, -0.2) is 9.78 Å². The molecule has 0 spiro atoms. The molecule has 0 unspecified atom stereocenters. The number of carboxylic acid groups (broad SMARTS) is 1. The fourth-order valence-electron chi connectivity index (χ4n) is 2.38. The number of anilines is 1. The summed E-state index contributed by atoms with van der Waals surface area (Å²) in [4.78, 5) is 17.3. The topological polar surface area (TPSA) is 70.7 Å². The third-order valence-electron chi connectivity index (χ3n) is 3.31. The zero-order valence-corrected chi connectivity index (χ0v) is 11.0. The minimum Gasteiger partial charge on any atom is -0.477 e. The first-order valence-corrected chi connectivity index (χ1v) is 6.57. The van der Waals surface area contributed by atoms with Crippen molar-refractivity contribution < 1.29 is 9.90 Å². The van der Waals surface area contributed by atoms with E-state index >= 15 is 0 Å². The van der Waals surface area contributed by atoms with E-state index in [0.717, 1.165) is 31.7 Å². The minimum atomic E-state index is -1.06. The molecule has 1 N–H and O–H groups in total. The van der Waals surface area contributed by atoms with Crippen LogP contribution >= 0.6 is 11.6 Å². The van der Waals surface area contributed by atoms with Crippen molar-refractivity contribution in [3.8, 4) is 0 Å². The van der Waals surface area contributed by atoms with Crippen LogP contribution in [0.3, 0.4) is 0 Å². The van der Waals surface area contributed by atoms with Gasteiger partial charge in [0.2, 0.25) is 0 Å². The Kier molecular flexibility index (Phi) is 3.02. The van der Waals surface area contributed by atoms with Crippen LogP contribution in [0.2, 0.25) is 5.02 Å². The number of rotatable bonds is 2. The number of hydrogen-bond donors (Lipinski definition) is 1. The number of fused-ring (bicyclic) bond motifs is 1. The fourth-order valence-corrected chi connectivity index (χ4v) is 2.54. The lowest BCUT2D eigenvalue weighted by molar-refractivity contribution is 0.0690. The lowest BCUT2D eigenvalue weighted by Gasteiger charge is -2.28. The minimum absolute atomic E-state index is 0.00419. The van der Waals surface area contributed by atoms with Crippen LogP contribution in [0.25, 0.3) is 5.65 Å². The second-order valence-electron chi connectivity index (χ2n) is 4.58. The molecule has 1 fully saturated rings. The molecule has 0 bridgehead atoms. The highest BCUT2D eigenvalue weighted by molar-refractivity contribution is 6.33. The van der Waals surface area contributed by atoms with E-state index in [1.165, 1.54) is 12.6 Å². The summed E-state index contributed by atoms with van der Waals surface area (Å²) in [6.45, 7) is 1.80. The Morgan fingerprint density at radius 3 is 2.74 bits per heavy atom. The molecule has 0 radical (unpaired) electrons. The summed E-state index contributed by atoms with van der Waals surface area (Å²) in [6, 6.07) is 1.56. The van der Waals surface area contributed by atoms with Crippen LogP contribution in [-0.4, -0.2) is 38.8 Å². The third kappa shape index (κ3) is 2.12. The molecule has 1 saturated heterocycles. The first kappa shape index (κ1) is 12.2. The Balaban J connectivity index is 2.17. The summed E-state index contributed by atoms with van der Waals surface area (Å²) >= 11 is 6.00. The largest absolute Gasteiger partial charge is 0.477 e. The normalized spacial score (nSPS) is 15.9. The van der Waals surface area contributed by atoms with Gasteiger partial charge in [-0.2, -0.15) is 9.61 Å². The van der Waals surface area contributed by atoms with Gasteiger partial charge in [-0.15, -0.1) is 0 Å². The molecule has 0 atom stereocenters. The van der Waals surface area contributed by atoms with Gasteiger partial charge in [-0.05, 0) is 19.3 Å². The number of nitrogens with zero attached hydrogens (tertiary/aromatic N) is 4. The van der Waals surface area contributed by atoms with Crippen LogP contribution in [-0.2, 0) is 0 Å². The quantitative estimate of drug-likeness (QED) is 0.912. The van der Waals surface area contributed by atoms with Crippen molar-refractivity contribution in [3.63, 3.8) is 0 Å². The Morgan fingerprint density at radius 2 is 2.05 bits per heavy atom. The standard InChI is InChI=1S/C12H13ClN4O2/c13-8-7-14-17-10(16-4-2-1-3-5-16)6-9(12(18)19)15-11(8)17/h6-7H,1-5H2,(H,18,19). The van der Waals surface area contributed by atoms with Crippen LogP contribution in [0.4, 0.5) is 5.82 Å². The van der Waals surface area contributed by atoms with Gasteiger partial charge in [0, 0.05) is 19.2 Å². The van der Waals surface area contributed by atoms with Crippen LogP contribution in [0.1, 0.15) is 29.8 Å². The van der Waals surface area contributed by atoms with Crippen molar-refractivity contribution in [2.75, 3.05) is 18.0 Å². The molecule has 0 aromatic carbocycles. The highest BCUT2D eigenvalue weighted by Gasteiger charge is 2.19. The van der Waals surface area contributed by atoms with E-state index < -0.39 is 5.97 Å². The first-order valence-electron chi connectivity index (χ1n) is 6.19. The maximum absolute atomic E-state index is 11.2. The molecule has 0 saturated carbocycles. The van der Waals surface area contributed by atoms with Gasteiger partial charge in [-0.3, -0.25) is 0 Å². The Morgan fingerprint density at radius 1 is 1.32 bits per heavy atom. The van der Waals surface area contributed by atoms with E-state index in [-0.39, 0.29) is 5.69 Å². The zero-order chi connectivity index (χ0) is 13.4. The maximum atomic E-state index is 11.2.